The number of thiophene rings is 1. The molecule has 1 aliphatic rings. The van der Waals surface area contributed by atoms with E-state index in [1.165, 1.54) is 0 Å². The van der Waals surface area contributed by atoms with E-state index in [0.717, 1.165) is 11.3 Å². The molecular formula is C15H16NO6S-. The molecule has 1 aromatic rings. The third kappa shape index (κ3) is 3.95. The van der Waals surface area contributed by atoms with Crippen LogP contribution in [0.2, 0.25) is 0 Å². The average Bonchev–Trinajstić information content (AvgIpc) is 2.85. The van der Waals surface area contributed by atoms with Crippen molar-refractivity contribution in [2.75, 3.05) is 11.9 Å². The number of anilines is 1. The third-order valence-corrected chi connectivity index (χ3v) is 4.57. The molecule has 0 fully saturated rings. The highest BCUT2D eigenvalue weighted by atomic mass is 32.1. The Balaban J connectivity index is 2.30. The fraction of sp³-hybridized carbons (Fsp3) is 0.467. The van der Waals surface area contributed by atoms with E-state index in [-0.39, 0.29) is 29.4 Å². The van der Waals surface area contributed by atoms with Gasteiger partial charge in [-0.15, -0.1) is 11.3 Å². The van der Waals surface area contributed by atoms with Gasteiger partial charge in [-0.05, 0) is 31.7 Å². The SMILES string of the molecule is CCOC(=O)c1c(NC(=O)CCC(=O)[O-])sc2c1CCCC2=O. The van der Waals surface area contributed by atoms with Gasteiger partial charge in [0.25, 0.3) is 0 Å². The van der Waals surface area contributed by atoms with Crippen LogP contribution in [0.5, 0.6) is 0 Å². The van der Waals surface area contributed by atoms with Crippen LogP contribution in [0.1, 0.15) is 58.2 Å². The van der Waals surface area contributed by atoms with Gasteiger partial charge in [0.1, 0.15) is 5.00 Å². The first-order chi connectivity index (χ1) is 10.9. The lowest BCUT2D eigenvalue weighted by Crippen LogP contribution is -2.24. The molecule has 8 heteroatoms. The van der Waals surface area contributed by atoms with Crippen LogP contribution >= 0.6 is 11.3 Å². The van der Waals surface area contributed by atoms with E-state index < -0.39 is 24.3 Å². The van der Waals surface area contributed by atoms with Gasteiger partial charge in [0.2, 0.25) is 5.91 Å². The number of fused-ring (bicyclic) bond motifs is 1. The second-order valence-corrected chi connectivity index (χ2v) is 6.05. The van der Waals surface area contributed by atoms with Crippen LogP contribution in [0.15, 0.2) is 0 Å². The molecule has 1 aliphatic carbocycles. The summed E-state index contributed by atoms with van der Waals surface area (Å²) in [6.07, 6.45) is 0.952. The van der Waals surface area contributed by atoms with Crippen molar-refractivity contribution in [1.82, 2.24) is 0 Å². The Hall–Kier alpha value is -2.22. The number of ether oxygens (including phenoxy) is 1. The summed E-state index contributed by atoms with van der Waals surface area (Å²) in [7, 11) is 0. The highest BCUT2D eigenvalue weighted by Gasteiger charge is 2.30. The number of carboxylic acid groups (broad SMARTS) is 1. The van der Waals surface area contributed by atoms with Crippen molar-refractivity contribution in [1.29, 1.82) is 0 Å². The molecule has 0 spiro atoms. The van der Waals surface area contributed by atoms with Gasteiger partial charge in [-0.1, -0.05) is 0 Å². The van der Waals surface area contributed by atoms with Gasteiger partial charge in [-0.2, -0.15) is 0 Å². The minimum Gasteiger partial charge on any atom is -0.550 e. The Morgan fingerprint density at radius 2 is 2.00 bits per heavy atom. The van der Waals surface area contributed by atoms with Crippen molar-refractivity contribution < 1.29 is 29.0 Å². The second kappa shape index (κ2) is 7.36. The molecule has 0 saturated carbocycles. The second-order valence-electron chi connectivity index (χ2n) is 5.03. The zero-order valence-corrected chi connectivity index (χ0v) is 13.4. The Kier molecular flexibility index (Phi) is 5.49. The first-order valence-corrected chi connectivity index (χ1v) is 8.11. The molecule has 1 amide bonds. The van der Waals surface area contributed by atoms with Crippen molar-refractivity contribution in [2.45, 2.75) is 39.0 Å². The fourth-order valence-corrected chi connectivity index (χ4v) is 3.60. The highest BCUT2D eigenvalue weighted by molar-refractivity contribution is 7.18. The normalized spacial score (nSPS) is 13.3. The Morgan fingerprint density at radius 1 is 1.26 bits per heavy atom. The van der Waals surface area contributed by atoms with Crippen LogP contribution in [-0.4, -0.2) is 30.2 Å². The molecule has 0 aromatic carbocycles. The number of ketones is 1. The minimum absolute atomic E-state index is 0.0583. The molecule has 2 rings (SSSR count). The van der Waals surface area contributed by atoms with Crippen LogP contribution < -0.4 is 10.4 Å². The monoisotopic (exact) mass is 338 g/mol. The third-order valence-electron chi connectivity index (χ3n) is 3.38. The standard InChI is InChI=1S/C15H17NO6S/c1-2-22-15(21)12-8-4-3-5-9(17)13(8)23-14(12)16-10(18)6-7-11(19)20/h2-7H2,1H3,(H,16,18)(H,19,20)/p-1. The Labute approximate surface area is 136 Å². The maximum atomic E-state index is 12.2. The van der Waals surface area contributed by atoms with E-state index >= 15 is 0 Å². The summed E-state index contributed by atoms with van der Waals surface area (Å²) in [6, 6.07) is 0. The summed E-state index contributed by atoms with van der Waals surface area (Å²) >= 11 is 1.04. The molecule has 0 atom stereocenters. The van der Waals surface area contributed by atoms with Crippen LogP contribution in [0.4, 0.5) is 5.00 Å². The number of hydrogen-bond acceptors (Lipinski definition) is 7. The van der Waals surface area contributed by atoms with Gasteiger partial charge in [-0.3, -0.25) is 9.59 Å². The minimum atomic E-state index is -1.33. The molecule has 0 saturated heterocycles. The molecule has 0 aliphatic heterocycles. The first-order valence-electron chi connectivity index (χ1n) is 7.29. The van der Waals surface area contributed by atoms with Gasteiger partial charge in [0.05, 0.1) is 17.0 Å². The number of amides is 1. The Bertz CT molecular complexity index is 663. The number of carbonyl (C=O) groups excluding carboxylic acids is 4. The number of Topliss-reactive ketones (excluding diaryl/α,β-unsaturated/α-hetero) is 1. The molecule has 124 valence electrons. The number of esters is 1. The maximum absolute atomic E-state index is 12.2. The predicted octanol–water partition coefficient (Wildman–Crippen LogP) is 0.912. The first kappa shape index (κ1) is 17.1. The number of aliphatic carboxylic acids is 1. The van der Waals surface area contributed by atoms with Gasteiger partial charge < -0.3 is 20.0 Å². The van der Waals surface area contributed by atoms with Crippen molar-refractivity contribution >= 4 is 40.0 Å². The maximum Gasteiger partial charge on any atom is 0.341 e. The Morgan fingerprint density at radius 3 is 2.65 bits per heavy atom. The molecular weight excluding hydrogens is 322 g/mol. The molecule has 0 radical (unpaired) electrons. The van der Waals surface area contributed by atoms with Gasteiger partial charge in [0, 0.05) is 18.8 Å². The van der Waals surface area contributed by atoms with Crippen LogP contribution in [-0.2, 0) is 20.7 Å². The highest BCUT2D eigenvalue weighted by Crippen LogP contribution is 2.38. The van der Waals surface area contributed by atoms with Crippen molar-refractivity contribution in [2.24, 2.45) is 0 Å². The van der Waals surface area contributed by atoms with Crippen molar-refractivity contribution in [3.05, 3.63) is 16.0 Å². The summed E-state index contributed by atoms with van der Waals surface area (Å²) < 4.78 is 5.01. The molecule has 1 heterocycles. The lowest BCUT2D eigenvalue weighted by Gasteiger charge is -2.11. The lowest BCUT2D eigenvalue weighted by atomic mass is 9.94. The average molecular weight is 338 g/mol. The van der Waals surface area contributed by atoms with E-state index in [2.05, 4.69) is 5.32 Å². The van der Waals surface area contributed by atoms with E-state index in [1.54, 1.807) is 6.92 Å². The predicted molar refractivity (Wildman–Crippen MR) is 80.4 cm³/mol. The fourth-order valence-electron chi connectivity index (χ4n) is 2.38. The summed E-state index contributed by atoms with van der Waals surface area (Å²) in [5.74, 6) is -2.52. The van der Waals surface area contributed by atoms with Crippen LogP contribution in [0.3, 0.4) is 0 Å². The van der Waals surface area contributed by atoms with E-state index in [0.29, 0.717) is 29.7 Å². The van der Waals surface area contributed by atoms with Crippen molar-refractivity contribution in [3.63, 3.8) is 0 Å². The number of rotatable bonds is 6. The summed E-state index contributed by atoms with van der Waals surface area (Å²) in [5, 5.41) is 13.2. The number of carboxylic acids is 1. The smallest absolute Gasteiger partial charge is 0.341 e. The zero-order valence-electron chi connectivity index (χ0n) is 12.6. The summed E-state index contributed by atoms with van der Waals surface area (Å²) in [6.45, 7) is 1.84. The summed E-state index contributed by atoms with van der Waals surface area (Å²) in [4.78, 5) is 46.9. The number of nitrogens with one attached hydrogen (secondary N) is 1. The van der Waals surface area contributed by atoms with Crippen LogP contribution in [0.25, 0.3) is 0 Å². The summed E-state index contributed by atoms with van der Waals surface area (Å²) in [5.41, 5.74) is 0.821. The van der Waals surface area contributed by atoms with Gasteiger partial charge >= 0.3 is 5.97 Å². The topological polar surface area (TPSA) is 113 Å². The molecule has 1 N–H and O–H groups in total. The molecule has 1 aromatic heterocycles. The van der Waals surface area contributed by atoms with E-state index in [1.807, 2.05) is 0 Å². The lowest BCUT2D eigenvalue weighted by molar-refractivity contribution is -0.305. The van der Waals surface area contributed by atoms with Gasteiger partial charge in [0.15, 0.2) is 5.78 Å². The van der Waals surface area contributed by atoms with E-state index in [9.17, 15) is 24.3 Å². The van der Waals surface area contributed by atoms with Crippen molar-refractivity contribution in [3.8, 4) is 0 Å². The molecule has 7 nitrogen and oxygen atoms in total. The molecule has 23 heavy (non-hydrogen) atoms. The van der Waals surface area contributed by atoms with Gasteiger partial charge in [-0.25, -0.2) is 4.79 Å². The zero-order chi connectivity index (χ0) is 17.0. The quantitative estimate of drug-likeness (QED) is 0.772. The molecule has 0 bridgehead atoms. The van der Waals surface area contributed by atoms with E-state index in [4.69, 9.17) is 4.74 Å². The number of carbonyl (C=O) groups is 4. The molecule has 0 unspecified atom stereocenters. The largest absolute Gasteiger partial charge is 0.550 e. The number of hydrogen-bond donors (Lipinski definition) is 1. The van der Waals surface area contributed by atoms with Crippen LogP contribution in [0, 0.1) is 0 Å².